The maximum Gasteiger partial charge on any atom is 0.274 e. The van der Waals surface area contributed by atoms with Crippen molar-refractivity contribution in [3.05, 3.63) is 82.9 Å². The van der Waals surface area contributed by atoms with Crippen LogP contribution in [0, 0.1) is 0 Å². The van der Waals surface area contributed by atoms with Crippen LogP contribution in [-0.2, 0) is 17.8 Å². The summed E-state index contributed by atoms with van der Waals surface area (Å²) >= 11 is 0. The van der Waals surface area contributed by atoms with Gasteiger partial charge in [0.15, 0.2) is 0 Å². The van der Waals surface area contributed by atoms with Crippen molar-refractivity contribution in [3.63, 3.8) is 0 Å². The molecule has 2 amide bonds. The summed E-state index contributed by atoms with van der Waals surface area (Å²) in [6, 6.07) is 18.6. The van der Waals surface area contributed by atoms with E-state index in [0.29, 0.717) is 18.6 Å². The van der Waals surface area contributed by atoms with Gasteiger partial charge >= 0.3 is 0 Å². The van der Waals surface area contributed by atoms with E-state index in [1.165, 1.54) is 40.6 Å². The molecular weight excluding hydrogens is 406 g/mol. The molecule has 3 rings (SSSR count). The SMILES string of the molecule is CCN(CC)Cc1ccc(CCONC(=O)c2ccc(C(=O)NO)cc2)c2ccccc12. The largest absolute Gasteiger partial charge is 0.300 e. The highest BCUT2D eigenvalue weighted by Crippen LogP contribution is 2.24. The van der Waals surface area contributed by atoms with Gasteiger partial charge in [-0.25, -0.2) is 11.0 Å². The lowest BCUT2D eigenvalue weighted by molar-refractivity contribution is 0.0324. The Morgan fingerprint density at radius 3 is 2.00 bits per heavy atom. The second-order valence-corrected chi connectivity index (χ2v) is 7.44. The average Bonchev–Trinajstić information content (AvgIpc) is 2.85. The van der Waals surface area contributed by atoms with E-state index in [1.807, 2.05) is 6.07 Å². The predicted molar refractivity (Wildman–Crippen MR) is 123 cm³/mol. The molecule has 3 N–H and O–H groups in total. The summed E-state index contributed by atoms with van der Waals surface area (Å²) in [6.45, 7) is 7.61. The van der Waals surface area contributed by atoms with E-state index in [4.69, 9.17) is 10.0 Å². The summed E-state index contributed by atoms with van der Waals surface area (Å²) in [5, 5.41) is 11.1. The predicted octanol–water partition coefficient (Wildman–Crippen LogP) is 3.70. The molecule has 32 heavy (non-hydrogen) atoms. The number of hydrogen-bond acceptors (Lipinski definition) is 5. The fourth-order valence-electron chi connectivity index (χ4n) is 3.64. The lowest BCUT2D eigenvalue weighted by Gasteiger charge is -2.20. The van der Waals surface area contributed by atoms with Crippen molar-refractivity contribution >= 4 is 22.6 Å². The van der Waals surface area contributed by atoms with Gasteiger partial charge in [-0.2, -0.15) is 0 Å². The Morgan fingerprint density at radius 1 is 0.844 bits per heavy atom. The highest BCUT2D eigenvalue weighted by Gasteiger charge is 2.10. The topological polar surface area (TPSA) is 90.9 Å². The Balaban J connectivity index is 1.59. The van der Waals surface area contributed by atoms with E-state index in [1.54, 1.807) is 5.48 Å². The quantitative estimate of drug-likeness (QED) is 0.257. The van der Waals surface area contributed by atoms with Gasteiger partial charge in [-0.05, 0) is 65.7 Å². The van der Waals surface area contributed by atoms with Crippen molar-refractivity contribution in [1.82, 2.24) is 15.9 Å². The van der Waals surface area contributed by atoms with E-state index in [0.717, 1.165) is 25.2 Å². The third kappa shape index (κ3) is 5.70. The first-order chi connectivity index (χ1) is 15.6. The van der Waals surface area contributed by atoms with Crippen molar-refractivity contribution in [3.8, 4) is 0 Å². The van der Waals surface area contributed by atoms with Crippen LogP contribution in [0.1, 0.15) is 45.7 Å². The molecule has 0 aliphatic heterocycles. The smallest absolute Gasteiger partial charge is 0.274 e. The van der Waals surface area contributed by atoms with Gasteiger partial charge in [0.1, 0.15) is 0 Å². The van der Waals surface area contributed by atoms with Gasteiger partial charge in [0, 0.05) is 17.7 Å². The number of nitrogens with zero attached hydrogens (tertiary/aromatic N) is 1. The van der Waals surface area contributed by atoms with Crippen molar-refractivity contribution in [2.24, 2.45) is 0 Å². The minimum atomic E-state index is -0.636. The monoisotopic (exact) mass is 435 g/mol. The standard InChI is InChI=1S/C25H29N3O4/c1-3-28(4-2)17-21-14-9-18(22-7-5-6-8-23(21)22)15-16-32-27-25(30)20-12-10-19(11-13-20)24(29)26-31/h5-14,31H,3-4,15-17H2,1-2H3,(H,26,29)(H,27,30). The van der Waals surface area contributed by atoms with E-state index < -0.39 is 11.8 Å². The molecule has 168 valence electrons. The molecule has 0 saturated heterocycles. The zero-order valence-electron chi connectivity index (χ0n) is 18.4. The summed E-state index contributed by atoms with van der Waals surface area (Å²) in [6.07, 6.45) is 0.655. The lowest BCUT2D eigenvalue weighted by Crippen LogP contribution is -2.25. The van der Waals surface area contributed by atoms with Gasteiger partial charge in [-0.3, -0.25) is 24.5 Å². The van der Waals surface area contributed by atoms with Crippen LogP contribution in [-0.4, -0.2) is 41.6 Å². The number of carbonyl (C=O) groups is 2. The fourth-order valence-corrected chi connectivity index (χ4v) is 3.64. The Hall–Kier alpha value is -3.26. The summed E-state index contributed by atoms with van der Waals surface area (Å²) in [7, 11) is 0. The Kier molecular flexibility index (Phi) is 8.33. The third-order valence-electron chi connectivity index (χ3n) is 5.54. The molecule has 0 saturated carbocycles. The number of amides is 2. The molecule has 0 radical (unpaired) electrons. The Labute approximate surface area is 187 Å². The van der Waals surface area contributed by atoms with Crippen LogP contribution >= 0.6 is 0 Å². The molecule has 7 heteroatoms. The van der Waals surface area contributed by atoms with E-state index in [9.17, 15) is 9.59 Å². The first kappa shape index (κ1) is 23.4. The summed E-state index contributed by atoms with van der Waals surface area (Å²) in [5.74, 6) is -1.04. The van der Waals surface area contributed by atoms with Gasteiger partial charge in [0.25, 0.3) is 11.8 Å². The molecule has 0 atom stereocenters. The molecule has 0 fully saturated rings. The second-order valence-electron chi connectivity index (χ2n) is 7.44. The van der Waals surface area contributed by atoms with Gasteiger partial charge in [0.2, 0.25) is 0 Å². The van der Waals surface area contributed by atoms with E-state index in [-0.39, 0.29) is 5.56 Å². The van der Waals surface area contributed by atoms with Crippen molar-refractivity contribution in [1.29, 1.82) is 0 Å². The first-order valence-corrected chi connectivity index (χ1v) is 10.8. The highest BCUT2D eigenvalue weighted by atomic mass is 16.6. The van der Waals surface area contributed by atoms with Gasteiger partial charge in [-0.15, -0.1) is 0 Å². The fraction of sp³-hybridized carbons (Fsp3) is 0.280. The van der Waals surface area contributed by atoms with Crippen LogP contribution in [0.25, 0.3) is 10.8 Å². The Bertz CT molecular complexity index is 1060. The number of nitrogens with one attached hydrogen (secondary N) is 2. The molecule has 3 aromatic carbocycles. The lowest BCUT2D eigenvalue weighted by atomic mass is 9.97. The molecule has 3 aromatic rings. The van der Waals surface area contributed by atoms with Gasteiger partial charge < -0.3 is 0 Å². The molecule has 7 nitrogen and oxygen atoms in total. The normalized spacial score (nSPS) is 11.0. The molecule has 0 bridgehead atoms. The molecule has 0 heterocycles. The zero-order valence-corrected chi connectivity index (χ0v) is 18.4. The summed E-state index contributed by atoms with van der Waals surface area (Å²) in [4.78, 5) is 31.4. The summed E-state index contributed by atoms with van der Waals surface area (Å²) < 4.78 is 0. The van der Waals surface area contributed by atoms with Crippen molar-refractivity contribution in [2.75, 3.05) is 19.7 Å². The zero-order chi connectivity index (χ0) is 22.9. The third-order valence-corrected chi connectivity index (χ3v) is 5.54. The van der Waals surface area contributed by atoms with E-state index >= 15 is 0 Å². The van der Waals surface area contributed by atoms with Crippen LogP contribution in [0.3, 0.4) is 0 Å². The summed E-state index contributed by atoms with van der Waals surface area (Å²) in [5.41, 5.74) is 7.06. The van der Waals surface area contributed by atoms with Crippen LogP contribution in [0.4, 0.5) is 0 Å². The van der Waals surface area contributed by atoms with Crippen molar-refractivity contribution < 1.29 is 19.6 Å². The van der Waals surface area contributed by atoms with Crippen LogP contribution in [0.2, 0.25) is 0 Å². The van der Waals surface area contributed by atoms with Gasteiger partial charge in [-0.1, -0.05) is 50.2 Å². The van der Waals surface area contributed by atoms with Crippen molar-refractivity contribution in [2.45, 2.75) is 26.8 Å². The number of fused-ring (bicyclic) bond motifs is 1. The molecular formula is C25H29N3O4. The number of hydroxylamine groups is 2. The van der Waals surface area contributed by atoms with Crippen LogP contribution in [0.15, 0.2) is 60.7 Å². The molecule has 0 aromatic heterocycles. The van der Waals surface area contributed by atoms with Crippen LogP contribution < -0.4 is 11.0 Å². The van der Waals surface area contributed by atoms with Crippen LogP contribution in [0.5, 0.6) is 0 Å². The molecule has 0 spiro atoms. The maximum atomic E-state index is 12.2. The van der Waals surface area contributed by atoms with Gasteiger partial charge in [0.05, 0.1) is 6.61 Å². The number of carbonyl (C=O) groups excluding carboxylic acids is 2. The highest BCUT2D eigenvalue weighted by molar-refractivity contribution is 5.97. The Morgan fingerprint density at radius 2 is 1.41 bits per heavy atom. The number of rotatable bonds is 10. The van der Waals surface area contributed by atoms with E-state index in [2.05, 4.69) is 54.6 Å². The minimum absolute atomic E-state index is 0.251. The first-order valence-electron chi connectivity index (χ1n) is 10.8. The number of benzene rings is 3. The molecule has 0 aliphatic rings. The average molecular weight is 436 g/mol. The molecule has 0 aliphatic carbocycles. The molecule has 0 unspecified atom stereocenters. The maximum absolute atomic E-state index is 12.2. The number of hydrogen-bond donors (Lipinski definition) is 3. The minimum Gasteiger partial charge on any atom is -0.300 e. The second kappa shape index (κ2) is 11.4.